The minimum atomic E-state index is -0.326. The molecule has 2 N–H and O–H groups in total. The number of halogens is 3. The zero-order chi connectivity index (χ0) is 17.6. The van der Waals surface area contributed by atoms with Crippen LogP contribution in [0.15, 0.2) is 48.5 Å². The Hall–Kier alpha value is -1.62. The fraction of sp³-hybridized carbons (Fsp3) is 0.350. The van der Waals surface area contributed by atoms with Crippen LogP contribution in [0.5, 0.6) is 0 Å². The second-order valence-electron chi connectivity index (χ2n) is 7.01. The highest BCUT2D eigenvalue weighted by atomic mass is 35.5. The fourth-order valence-electron chi connectivity index (χ4n) is 3.95. The molecule has 1 saturated carbocycles. The van der Waals surface area contributed by atoms with E-state index in [1.807, 2.05) is 23.1 Å². The normalized spacial score (nSPS) is 27.1. The lowest BCUT2D eigenvalue weighted by atomic mass is 9.95. The van der Waals surface area contributed by atoms with E-state index in [9.17, 15) is 9.18 Å². The predicted octanol–water partition coefficient (Wildman–Crippen LogP) is 3.96. The molecule has 1 saturated heterocycles. The Morgan fingerprint density at radius 1 is 1.08 bits per heavy atom. The number of nitrogens with two attached hydrogens (primary N) is 1. The quantitative estimate of drug-likeness (QED) is 0.855. The van der Waals surface area contributed by atoms with E-state index >= 15 is 0 Å². The molecule has 26 heavy (non-hydrogen) atoms. The molecule has 1 aliphatic carbocycles. The Labute approximate surface area is 163 Å². The Morgan fingerprint density at radius 3 is 2.50 bits per heavy atom. The molecule has 2 aliphatic rings. The number of benzene rings is 2. The lowest BCUT2D eigenvalue weighted by Gasteiger charge is -2.17. The summed E-state index contributed by atoms with van der Waals surface area (Å²) in [5, 5.41) is 0.403. The predicted molar refractivity (Wildman–Crippen MR) is 103 cm³/mol. The second kappa shape index (κ2) is 7.55. The van der Waals surface area contributed by atoms with E-state index in [1.165, 1.54) is 6.07 Å². The van der Waals surface area contributed by atoms with Crippen molar-refractivity contribution >= 4 is 29.9 Å². The van der Waals surface area contributed by atoms with Crippen molar-refractivity contribution in [1.29, 1.82) is 0 Å². The molecule has 2 aromatic rings. The first-order chi connectivity index (χ1) is 12.1. The third-order valence-electron chi connectivity index (χ3n) is 5.38. The summed E-state index contributed by atoms with van der Waals surface area (Å²) in [7, 11) is 0. The van der Waals surface area contributed by atoms with Crippen LogP contribution < -0.4 is 5.73 Å². The molecule has 0 spiro atoms. The van der Waals surface area contributed by atoms with Gasteiger partial charge in [-0.1, -0.05) is 48.0 Å². The van der Waals surface area contributed by atoms with Gasteiger partial charge in [0.2, 0.25) is 5.91 Å². The number of hydrogen-bond acceptors (Lipinski definition) is 2. The number of carbonyl (C=O) groups is 1. The Morgan fingerprint density at radius 2 is 1.81 bits per heavy atom. The summed E-state index contributed by atoms with van der Waals surface area (Å²) in [6, 6.07) is 14.7. The number of hydrogen-bond donors (Lipinski definition) is 1. The summed E-state index contributed by atoms with van der Waals surface area (Å²) in [6.07, 6.45) is 0.654. The van der Waals surface area contributed by atoms with Gasteiger partial charge >= 0.3 is 0 Å². The average molecular weight is 395 g/mol. The molecule has 138 valence electrons. The van der Waals surface area contributed by atoms with Gasteiger partial charge in [-0.05, 0) is 24.1 Å². The molecule has 1 aliphatic heterocycles. The van der Waals surface area contributed by atoms with Crippen LogP contribution in [0.3, 0.4) is 0 Å². The van der Waals surface area contributed by atoms with Crippen LogP contribution in [0.4, 0.5) is 4.39 Å². The van der Waals surface area contributed by atoms with E-state index in [1.54, 1.807) is 12.1 Å². The number of likely N-dealkylation sites (tertiary alicyclic amines) is 1. The second-order valence-corrected chi connectivity index (χ2v) is 7.42. The van der Waals surface area contributed by atoms with Gasteiger partial charge in [0.1, 0.15) is 5.82 Å². The highest BCUT2D eigenvalue weighted by Gasteiger charge is 2.49. The first-order valence-electron chi connectivity index (χ1n) is 8.59. The molecule has 3 nitrogen and oxygen atoms in total. The third kappa shape index (κ3) is 3.46. The molecule has 4 atom stereocenters. The zero-order valence-corrected chi connectivity index (χ0v) is 15.7. The fourth-order valence-corrected chi connectivity index (χ4v) is 4.25. The Bertz CT molecular complexity index is 781. The number of rotatable bonds is 3. The van der Waals surface area contributed by atoms with Crippen molar-refractivity contribution in [2.24, 2.45) is 11.7 Å². The highest BCUT2D eigenvalue weighted by Crippen LogP contribution is 2.51. The van der Waals surface area contributed by atoms with Gasteiger partial charge in [-0.15, -0.1) is 12.4 Å². The molecular formula is C20H21Cl2FN2O. The van der Waals surface area contributed by atoms with Gasteiger partial charge < -0.3 is 10.6 Å². The molecule has 0 radical (unpaired) electrons. The Kier molecular flexibility index (Phi) is 5.56. The van der Waals surface area contributed by atoms with E-state index in [0.717, 1.165) is 5.56 Å². The summed E-state index contributed by atoms with van der Waals surface area (Å²) in [5.74, 6) is -0.407. The van der Waals surface area contributed by atoms with Crippen molar-refractivity contribution in [2.75, 3.05) is 13.1 Å². The van der Waals surface area contributed by atoms with Crippen molar-refractivity contribution in [2.45, 2.75) is 24.3 Å². The van der Waals surface area contributed by atoms with Crippen molar-refractivity contribution in [3.05, 3.63) is 70.5 Å². The number of nitrogens with zero attached hydrogens (tertiary/aromatic N) is 1. The molecule has 2 fully saturated rings. The molecule has 1 amide bonds. The smallest absolute Gasteiger partial charge is 0.226 e. The van der Waals surface area contributed by atoms with Crippen molar-refractivity contribution in [3.8, 4) is 0 Å². The maximum atomic E-state index is 14.1. The van der Waals surface area contributed by atoms with Gasteiger partial charge in [0.15, 0.2) is 0 Å². The standard InChI is InChI=1S/C20H20ClFN2O.ClH/c21-16-7-4-8-17(22)19(16)13-9-14(13)20(25)24-10-15(18(23)11-24)12-5-2-1-3-6-12;/h1-8,13-15,18H,9-11,23H2;1H/t13?,14?,15-,18+;/m0./s1. The average Bonchev–Trinajstić information content (AvgIpc) is 3.29. The molecule has 0 aromatic heterocycles. The van der Waals surface area contributed by atoms with Gasteiger partial charge in [-0.2, -0.15) is 0 Å². The molecular weight excluding hydrogens is 374 g/mol. The molecule has 0 bridgehead atoms. The van der Waals surface area contributed by atoms with E-state index in [0.29, 0.717) is 30.1 Å². The van der Waals surface area contributed by atoms with Crippen LogP contribution in [0.2, 0.25) is 5.02 Å². The summed E-state index contributed by atoms with van der Waals surface area (Å²) in [5.41, 5.74) is 7.92. The summed E-state index contributed by atoms with van der Waals surface area (Å²) in [6.45, 7) is 1.17. The number of carbonyl (C=O) groups excluding carboxylic acids is 1. The van der Waals surface area contributed by atoms with Crippen LogP contribution in [-0.4, -0.2) is 29.9 Å². The first kappa shape index (κ1) is 19.2. The van der Waals surface area contributed by atoms with Crippen LogP contribution in [-0.2, 0) is 4.79 Å². The summed E-state index contributed by atoms with van der Waals surface area (Å²) in [4.78, 5) is 14.7. The van der Waals surface area contributed by atoms with Crippen LogP contribution in [0.1, 0.15) is 29.4 Å². The van der Waals surface area contributed by atoms with Gasteiger partial charge in [-0.25, -0.2) is 4.39 Å². The monoisotopic (exact) mass is 394 g/mol. The van der Waals surface area contributed by atoms with Gasteiger partial charge in [0, 0.05) is 47.5 Å². The van der Waals surface area contributed by atoms with Crippen LogP contribution in [0, 0.1) is 11.7 Å². The minimum Gasteiger partial charge on any atom is -0.340 e. The first-order valence-corrected chi connectivity index (χ1v) is 8.97. The van der Waals surface area contributed by atoms with E-state index in [-0.39, 0.29) is 47.9 Å². The van der Waals surface area contributed by atoms with E-state index < -0.39 is 0 Å². The topological polar surface area (TPSA) is 46.3 Å². The van der Waals surface area contributed by atoms with E-state index in [2.05, 4.69) is 12.1 Å². The lowest BCUT2D eigenvalue weighted by molar-refractivity contribution is -0.131. The molecule has 2 unspecified atom stereocenters. The highest BCUT2D eigenvalue weighted by molar-refractivity contribution is 6.31. The SMILES string of the molecule is Cl.N[C@@H]1CN(C(=O)C2CC2c2c(F)cccc2Cl)C[C@H]1c1ccccc1. The molecule has 6 heteroatoms. The number of amides is 1. The minimum absolute atomic E-state index is 0. The van der Waals surface area contributed by atoms with E-state index in [4.69, 9.17) is 17.3 Å². The summed E-state index contributed by atoms with van der Waals surface area (Å²) < 4.78 is 14.1. The van der Waals surface area contributed by atoms with Gasteiger partial charge in [-0.3, -0.25) is 4.79 Å². The summed E-state index contributed by atoms with van der Waals surface area (Å²) >= 11 is 6.14. The van der Waals surface area contributed by atoms with Gasteiger partial charge in [0.05, 0.1) is 0 Å². The van der Waals surface area contributed by atoms with Crippen LogP contribution >= 0.6 is 24.0 Å². The third-order valence-corrected chi connectivity index (χ3v) is 5.71. The van der Waals surface area contributed by atoms with Crippen molar-refractivity contribution in [1.82, 2.24) is 4.90 Å². The van der Waals surface area contributed by atoms with Crippen molar-refractivity contribution < 1.29 is 9.18 Å². The van der Waals surface area contributed by atoms with Gasteiger partial charge in [0.25, 0.3) is 0 Å². The maximum Gasteiger partial charge on any atom is 0.226 e. The zero-order valence-electron chi connectivity index (χ0n) is 14.1. The lowest BCUT2D eigenvalue weighted by Crippen LogP contribution is -2.33. The molecule has 2 aromatic carbocycles. The van der Waals surface area contributed by atoms with Crippen LogP contribution in [0.25, 0.3) is 0 Å². The largest absolute Gasteiger partial charge is 0.340 e. The molecule has 1 heterocycles. The van der Waals surface area contributed by atoms with Crippen molar-refractivity contribution in [3.63, 3.8) is 0 Å². The molecule has 4 rings (SSSR count). The Balaban J connectivity index is 0.00000196. The maximum absolute atomic E-state index is 14.1.